The van der Waals surface area contributed by atoms with Crippen molar-refractivity contribution in [2.75, 3.05) is 26.7 Å². The highest BCUT2D eigenvalue weighted by Crippen LogP contribution is 2.25. The van der Waals surface area contributed by atoms with Gasteiger partial charge in [-0.15, -0.1) is 0 Å². The molecular formula is C9H18N2. The largest absolute Gasteiger partial charge is 0.316 e. The molecule has 2 saturated heterocycles. The minimum absolute atomic E-state index is 0.772. The molecule has 0 spiro atoms. The Morgan fingerprint density at radius 1 is 1.36 bits per heavy atom. The van der Waals surface area contributed by atoms with Gasteiger partial charge in [-0.1, -0.05) is 0 Å². The number of hydrogen-bond donors (Lipinski definition) is 1. The number of hydrogen-bond acceptors (Lipinski definition) is 2. The first-order valence-electron chi connectivity index (χ1n) is 4.78. The Bertz CT molecular complexity index is 124. The number of fused-ring (bicyclic) bond motifs is 2. The summed E-state index contributed by atoms with van der Waals surface area (Å²) < 4.78 is 0. The first kappa shape index (κ1) is 7.56. The summed E-state index contributed by atoms with van der Waals surface area (Å²) in [6.45, 7) is 4.00. The molecular weight excluding hydrogens is 136 g/mol. The maximum absolute atomic E-state index is 3.39. The van der Waals surface area contributed by atoms with E-state index in [1.807, 2.05) is 0 Å². The van der Waals surface area contributed by atoms with Crippen molar-refractivity contribution >= 4 is 0 Å². The van der Waals surface area contributed by atoms with Crippen LogP contribution in [0, 0.1) is 5.92 Å². The van der Waals surface area contributed by atoms with Gasteiger partial charge < -0.3 is 10.2 Å². The minimum atomic E-state index is 0.772. The summed E-state index contributed by atoms with van der Waals surface area (Å²) in [5.74, 6) is 0.995. The van der Waals surface area contributed by atoms with E-state index in [9.17, 15) is 0 Å². The van der Waals surface area contributed by atoms with E-state index < -0.39 is 0 Å². The van der Waals surface area contributed by atoms with E-state index in [0.29, 0.717) is 0 Å². The Balaban J connectivity index is 1.94. The van der Waals surface area contributed by atoms with Crippen LogP contribution in [0.3, 0.4) is 0 Å². The molecule has 2 aliphatic rings. The van der Waals surface area contributed by atoms with Gasteiger partial charge in [-0.05, 0) is 38.8 Å². The predicted octanol–water partition coefficient (Wildman–Crippen LogP) is 0.690. The molecule has 3 atom stereocenters. The lowest BCUT2D eigenvalue weighted by Gasteiger charge is -2.41. The van der Waals surface area contributed by atoms with Crippen LogP contribution in [0.2, 0.25) is 0 Å². The predicted molar refractivity (Wildman–Crippen MR) is 46.6 cm³/mol. The smallest absolute Gasteiger partial charge is 0.0195 e. The quantitative estimate of drug-likeness (QED) is 0.598. The zero-order valence-corrected chi connectivity index (χ0v) is 7.34. The molecule has 2 fully saturated rings. The molecule has 2 unspecified atom stereocenters. The number of rotatable bonds is 1. The first-order chi connectivity index (χ1) is 5.38. The van der Waals surface area contributed by atoms with Crippen LogP contribution in [0.4, 0.5) is 0 Å². The molecule has 2 heteroatoms. The average Bonchev–Trinajstić information content (AvgIpc) is 2.03. The van der Waals surface area contributed by atoms with Gasteiger partial charge in [0.05, 0.1) is 0 Å². The second kappa shape index (κ2) is 3.11. The average molecular weight is 154 g/mol. The van der Waals surface area contributed by atoms with Gasteiger partial charge in [0.1, 0.15) is 0 Å². The van der Waals surface area contributed by atoms with Gasteiger partial charge in [0.15, 0.2) is 0 Å². The fourth-order valence-electron chi connectivity index (χ4n) is 2.51. The summed E-state index contributed by atoms with van der Waals surface area (Å²) >= 11 is 0. The van der Waals surface area contributed by atoms with Gasteiger partial charge >= 0.3 is 0 Å². The number of piperidine rings is 2. The molecule has 2 aliphatic heterocycles. The highest BCUT2D eigenvalue weighted by molar-refractivity contribution is 4.85. The SMILES string of the molecule is CNC1C[C@@H]2CCCN(C1)C2. The van der Waals surface area contributed by atoms with Crippen LogP contribution in [0.15, 0.2) is 0 Å². The topological polar surface area (TPSA) is 15.3 Å². The monoisotopic (exact) mass is 154 g/mol. The molecule has 64 valence electrons. The molecule has 0 saturated carbocycles. The van der Waals surface area contributed by atoms with Crippen LogP contribution < -0.4 is 5.32 Å². The summed E-state index contributed by atoms with van der Waals surface area (Å²) in [5.41, 5.74) is 0. The molecule has 0 aliphatic carbocycles. The van der Waals surface area contributed by atoms with E-state index in [-0.39, 0.29) is 0 Å². The first-order valence-corrected chi connectivity index (χ1v) is 4.78. The molecule has 2 heterocycles. The minimum Gasteiger partial charge on any atom is -0.316 e. The van der Waals surface area contributed by atoms with Crippen molar-refractivity contribution in [1.82, 2.24) is 10.2 Å². The molecule has 1 N–H and O–H groups in total. The molecule has 0 radical (unpaired) electrons. The second-order valence-electron chi connectivity index (χ2n) is 3.99. The zero-order chi connectivity index (χ0) is 7.68. The van der Waals surface area contributed by atoms with E-state index in [0.717, 1.165) is 12.0 Å². The van der Waals surface area contributed by atoms with Gasteiger partial charge in [0.25, 0.3) is 0 Å². The van der Waals surface area contributed by atoms with Crippen LogP contribution >= 0.6 is 0 Å². The van der Waals surface area contributed by atoms with Crippen molar-refractivity contribution in [2.24, 2.45) is 5.92 Å². The maximum Gasteiger partial charge on any atom is 0.0195 e. The summed E-state index contributed by atoms with van der Waals surface area (Å²) in [6, 6.07) is 0.772. The standard InChI is InChI=1S/C9H18N2/c1-10-9-5-8-3-2-4-11(6-8)7-9/h8-10H,2-7H2,1H3/t8-,9?/m0/s1. The molecule has 0 amide bonds. The van der Waals surface area contributed by atoms with Crippen LogP contribution in [0.5, 0.6) is 0 Å². The number of nitrogens with one attached hydrogen (secondary N) is 1. The summed E-state index contributed by atoms with van der Waals surface area (Å²) in [5, 5.41) is 3.39. The van der Waals surface area contributed by atoms with Crippen LogP contribution in [0.1, 0.15) is 19.3 Å². The molecule has 11 heavy (non-hydrogen) atoms. The van der Waals surface area contributed by atoms with Crippen LogP contribution in [0.25, 0.3) is 0 Å². The lowest BCUT2D eigenvalue weighted by molar-refractivity contribution is 0.100. The maximum atomic E-state index is 3.39. The van der Waals surface area contributed by atoms with Crippen molar-refractivity contribution in [1.29, 1.82) is 0 Å². The third kappa shape index (κ3) is 1.57. The molecule has 0 aromatic heterocycles. The van der Waals surface area contributed by atoms with E-state index in [4.69, 9.17) is 0 Å². The Morgan fingerprint density at radius 2 is 2.27 bits per heavy atom. The van der Waals surface area contributed by atoms with Crippen LogP contribution in [-0.2, 0) is 0 Å². The van der Waals surface area contributed by atoms with E-state index >= 15 is 0 Å². The second-order valence-corrected chi connectivity index (χ2v) is 3.99. The molecule has 2 rings (SSSR count). The zero-order valence-electron chi connectivity index (χ0n) is 7.34. The van der Waals surface area contributed by atoms with E-state index in [1.54, 1.807) is 0 Å². The molecule has 0 aromatic carbocycles. The fraction of sp³-hybridized carbons (Fsp3) is 1.00. The third-order valence-corrected chi connectivity index (χ3v) is 3.11. The van der Waals surface area contributed by atoms with Crippen molar-refractivity contribution in [3.8, 4) is 0 Å². The van der Waals surface area contributed by atoms with Crippen molar-refractivity contribution in [2.45, 2.75) is 25.3 Å². The Kier molecular flexibility index (Phi) is 2.14. The fourth-order valence-corrected chi connectivity index (χ4v) is 2.51. The Hall–Kier alpha value is -0.0800. The summed E-state index contributed by atoms with van der Waals surface area (Å²) in [4.78, 5) is 2.61. The van der Waals surface area contributed by atoms with Gasteiger partial charge in [-0.25, -0.2) is 0 Å². The number of nitrogens with zero attached hydrogens (tertiary/aromatic N) is 1. The lowest BCUT2D eigenvalue weighted by atomic mass is 9.87. The summed E-state index contributed by atoms with van der Waals surface area (Å²) in [7, 11) is 2.09. The van der Waals surface area contributed by atoms with Gasteiger partial charge in [-0.3, -0.25) is 0 Å². The lowest BCUT2D eigenvalue weighted by Crippen LogP contribution is -2.50. The van der Waals surface area contributed by atoms with Gasteiger partial charge in [0, 0.05) is 19.1 Å². The highest BCUT2D eigenvalue weighted by atomic mass is 15.2. The Labute approximate surface area is 69.0 Å². The summed E-state index contributed by atoms with van der Waals surface area (Å²) in [6.07, 6.45) is 4.31. The molecule has 2 nitrogen and oxygen atoms in total. The van der Waals surface area contributed by atoms with Gasteiger partial charge in [-0.2, -0.15) is 0 Å². The molecule has 0 aromatic rings. The van der Waals surface area contributed by atoms with Crippen molar-refractivity contribution in [3.63, 3.8) is 0 Å². The van der Waals surface area contributed by atoms with Crippen molar-refractivity contribution < 1.29 is 0 Å². The van der Waals surface area contributed by atoms with Crippen LogP contribution in [-0.4, -0.2) is 37.6 Å². The van der Waals surface area contributed by atoms with Gasteiger partial charge in [0.2, 0.25) is 0 Å². The van der Waals surface area contributed by atoms with Crippen molar-refractivity contribution in [3.05, 3.63) is 0 Å². The number of likely N-dealkylation sites (N-methyl/N-ethyl adjacent to an activating group) is 1. The van der Waals surface area contributed by atoms with E-state index in [2.05, 4.69) is 17.3 Å². The third-order valence-electron chi connectivity index (χ3n) is 3.11. The molecule has 2 bridgehead atoms. The van der Waals surface area contributed by atoms with E-state index in [1.165, 1.54) is 38.9 Å². The highest BCUT2D eigenvalue weighted by Gasteiger charge is 2.28. The normalized spacial score (nSPS) is 43.9. The Morgan fingerprint density at radius 3 is 3.00 bits per heavy atom.